The highest BCUT2D eigenvalue weighted by atomic mass is 16.5. The first-order valence-electron chi connectivity index (χ1n) is 9.38. The number of nitrogens with one attached hydrogen (secondary N) is 1. The van der Waals surface area contributed by atoms with Crippen LogP contribution in [-0.2, 0) is 11.2 Å². The summed E-state index contributed by atoms with van der Waals surface area (Å²) < 4.78 is 10.2. The second kappa shape index (κ2) is 9.01. The molecule has 0 unspecified atom stereocenters. The average molecular weight is 372 g/mol. The molecule has 27 heavy (non-hydrogen) atoms. The van der Waals surface area contributed by atoms with Gasteiger partial charge in [-0.15, -0.1) is 0 Å². The molecule has 1 amide bonds. The van der Waals surface area contributed by atoms with Crippen molar-refractivity contribution in [2.24, 2.45) is 0 Å². The van der Waals surface area contributed by atoms with Crippen LogP contribution in [0, 0.1) is 6.92 Å². The summed E-state index contributed by atoms with van der Waals surface area (Å²) in [6.45, 7) is 8.48. The lowest BCUT2D eigenvalue weighted by Crippen LogP contribution is -2.53. The molecule has 1 atom stereocenters. The fraction of sp³-hybridized carbons (Fsp3) is 0.500. The maximum atomic E-state index is 12.4. The first kappa shape index (κ1) is 19.4. The van der Waals surface area contributed by atoms with Crippen molar-refractivity contribution >= 4 is 11.7 Å². The topological polar surface area (TPSA) is 70.8 Å². The first-order chi connectivity index (χ1) is 13.0. The van der Waals surface area contributed by atoms with Crippen molar-refractivity contribution in [2.45, 2.75) is 26.3 Å². The lowest BCUT2D eigenvalue weighted by molar-refractivity contribution is -0.121. The van der Waals surface area contributed by atoms with Gasteiger partial charge in [0, 0.05) is 38.8 Å². The highest BCUT2D eigenvalue weighted by Crippen LogP contribution is 2.14. The van der Waals surface area contributed by atoms with Crippen LogP contribution in [0.5, 0.6) is 5.75 Å². The van der Waals surface area contributed by atoms with Gasteiger partial charge in [-0.05, 0) is 38.0 Å². The Labute approximate surface area is 160 Å². The van der Waals surface area contributed by atoms with Gasteiger partial charge in [0.15, 0.2) is 5.82 Å². The third-order valence-corrected chi connectivity index (χ3v) is 5.09. The molecule has 0 spiro atoms. The lowest BCUT2D eigenvalue weighted by atomic mass is 10.1. The largest absolute Gasteiger partial charge is 0.497 e. The molecular formula is C20H28N4O3. The summed E-state index contributed by atoms with van der Waals surface area (Å²) in [6.07, 6.45) is 1.02. The molecule has 1 fully saturated rings. The molecule has 3 rings (SSSR count). The Kier molecular flexibility index (Phi) is 6.47. The quantitative estimate of drug-likeness (QED) is 0.803. The van der Waals surface area contributed by atoms with Gasteiger partial charge in [0.1, 0.15) is 11.5 Å². The second-order valence-electron chi connectivity index (χ2n) is 6.96. The number of rotatable bonds is 7. The summed E-state index contributed by atoms with van der Waals surface area (Å²) in [5, 5.41) is 6.64. The summed E-state index contributed by atoms with van der Waals surface area (Å²) in [5.74, 6) is 2.00. The van der Waals surface area contributed by atoms with E-state index in [-0.39, 0.29) is 11.9 Å². The first-order valence-corrected chi connectivity index (χ1v) is 9.38. The van der Waals surface area contributed by atoms with Crippen molar-refractivity contribution in [3.8, 4) is 5.75 Å². The highest BCUT2D eigenvalue weighted by Gasteiger charge is 2.25. The Bertz CT molecular complexity index is 736. The molecule has 1 aliphatic heterocycles. The van der Waals surface area contributed by atoms with E-state index < -0.39 is 0 Å². The number of hydrogen-bond donors (Lipinski definition) is 1. The maximum absolute atomic E-state index is 12.4. The maximum Gasteiger partial charge on any atom is 0.242 e. The van der Waals surface area contributed by atoms with Gasteiger partial charge >= 0.3 is 0 Å². The van der Waals surface area contributed by atoms with Gasteiger partial charge in [-0.25, -0.2) is 0 Å². The number of carbonyl (C=O) groups is 1. The van der Waals surface area contributed by atoms with Crippen LogP contribution >= 0.6 is 0 Å². The molecule has 0 radical (unpaired) electrons. The molecule has 0 bridgehead atoms. The van der Waals surface area contributed by atoms with Crippen LogP contribution in [0.25, 0.3) is 0 Å². The van der Waals surface area contributed by atoms with Crippen molar-refractivity contribution in [3.05, 3.63) is 41.7 Å². The number of aryl methyl sites for hydroxylation is 1. The van der Waals surface area contributed by atoms with E-state index >= 15 is 0 Å². The summed E-state index contributed by atoms with van der Waals surface area (Å²) in [6, 6.07) is 9.78. The van der Waals surface area contributed by atoms with E-state index in [1.807, 2.05) is 19.1 Å². The van der Waals surface area contributed by atoms with Crippen LogP contribution in [0.1, 0.15) is 18.2 Å². The van der Waals surface area contributed by atoms with Gasteiger partial charge in [-0.1, -0.05) is 17.3 Å². The van der Waals surface area contributed by atoms with Gasteiger partial charge in [-0.2, -0.15) is 0 Å². The minimum Gasteiger partial charge on any atom is -0.497 e. The van der Waals surface area contributed by atoms with Crippen molar-refractivity contribution in [3.63, 3.8) is 0 Å². The molecule has 0 aliphatic carbocycles. The van der Waals surface area contributed by atoms with Gasteiger partial charge in [0.25, 0.3) is 0 Å². The zero-order valence-corrected chi connectivity index (χ0v) is 16.3. The number of hydrogen-bond acceptors (Lipinski definition) is 6. The second-order valence-corrected chi connectivity index (χ2v) is 6.96. The molecule has 7 nitrogen and oxygen atoms in total. The van der Waals surface area contributed by atoms with E-state index in [1.54, 1.807) is 20.1 Å². The van der Waals surface area contributed by atoms with Crippen LogP contribution in [0.4, 0.5) is 5.82 Å². The Morgan fingerprint density at radius 2 is 1.96 bits per heavy atom. The zero-order chi connectivity index (χ0) is 19.2. The standard InChI is InChI=1S/C20H28N4O3/c1-15-14-19(22-27-15)21-20(25)16(2)24-12-10-23(11-13-24)9-8-17-4-6-18(26-3)7-5-17/h4-7,14,16H,8-13H2,1-3H3,(H,21,22,25)/t16-/m1/s1. The fourth-order valence-electron chi connectivity index (χ4n) is 3.28. The van der Waals surface area contributed by atoms with E-state index in [4.69, 9.17) is 9.26 Å². The number of carbonyl (C=O) groups excluding carboxylic acids is 1. The predicted octanol–water partition coefficient (Wildman–Crippen LogP) is 2.18. The molecule has 1 aromatic carbocycles. The molecule has 1 N–H and O–H groups in total. The monoisotopic (exact) mass is 372 g/mol. The minimum absolute atomic E-state index is 0.0463. The minimum atomic E-state index is -0.189. The van der Waals surface area contributed by atoms with E-state index in [0.29, 0.717) is 11.6 Å². The van der Waals surface area contributed by atoms with Gasteiger partial charge in [-0.3, -0.25) is 9.69 Å². The molecule has 1 saturated heterocycles. The number of benzene rings is 1. The fourth-order valence-corrected chi connectivity index (χ4v) is 3.28. The van der Waals surface area contributed by atoms with Crippen molar-refractivity contribution in [1.82, 2.24) is 15.0 Å². The number of amides is 1. The third-order valence-electron chi connectivity index (χ3n) is 5.09. The molecule has 146 valence electrons. The Morgan fingerprint density at radius 3 is 2.56 bits per heavy atom. The Balaban J connectivity index is 1.41. The Morgan fingerprint density at radius 1 is 1.26 bits per heavy atom. The number of ether oxygens (including phenoxy) is 1. The van der Waals surface area contributed by atoms with Crippen molar-refractivity contribution < 1.29 is 14.1 Å². The van der Waals surface area contributed by atoms with Crippen LogP contribution in [0.2, 0.25) is 0 Å². The van der Waals surface area contributed by atoms with E-state index in [1.165, 1.54) is 5.56 Å². The number of aromatic nitrogens is 1. The van der Waals surface area contributed by atoms with Gasteiger partial charge < -0.3 is 19.5 Å². The van der Waals surface area contributed by atoms with Crippen LogP contribution in [-0.4, -0.2) is 66.7 Å². The normalized spacial score (nSPS) is 16.9. The molecular weight excluding hydrogens is 344 g/mol. The van der Waals surface area contributed by atoms with E-state index in [0.717, 1.165) is 44.9 Å². The predicted molar refractivity (Wildman–Crippen MR) is 104 cm³/mol. The molecule has 2 heterocycles. The molecule has 7 heteroatoms. The third kappa shape index (κ3) is 5.30. The van der Waals surface area contributed by atoms with Gasteiger partial charge in [0.2, 0.25) is 5.91 Å². The highest BCUT2D eigenvalue weighted by molar-refractivity contribution is 5.93. The van der Waals surface area contributed by atoms with E-state index in [9.17, 15) is 4.79 Å². The zero-order valence-electron chi connectivity index (χ0n) is 16.3. The lowest BCUT2D eigenvalue weighted by Gasteiger charge is -2.37. The van der Waals surface area contributed by atoms with Crippen LogP contribution in [0.15, 0.2) is 34.9 Å². The summed E-state index contributed by atoms with van der Waals surface area (Å²) in [7, 11) is 1.68. The average Bonchev–Trinajstić information content (AvgIpc) is 3.11. The van der Waals surface area contributed by atoms with E-state index in [2.05, 4.69) is 32.4 Å². The SMILES string of the molecule is COc1ccc(CCN2CCN([C@H](C)C(=O)Nc3cc(C)on3)CC2)cc1. The number of methoxy groups -OCH3 is 1. The molecule has 1 aliphatic rings. The molecule has 1 aromatic heterocycles. The van der Waals surface area contributed by atoms with Crippen molar-refractivity contribution in [1.29, 1.82) is 0 Å². The van der Waals surface area contributed by atoms with Crippen LogP contribution < -0.4 is 10.1 Å². The number of nitrogens with zero attached hydrogens (tertiary/aromatic N) is 3. The van der Waals surface area contributed by atoms with Crippen LogP contribution in [0.3, 0.4) is 0 Å². The molecule has 0 saturated carbocycles. The Hall–Kier alpha value is -2.38. The summed E-state index contributed by atoms with van der Waals surface area (Å²) in [4.78, 5) is 17.1. The number of anilines is 1. The van der Waals surface area contributed by atoms with Crippen molar-refractivity contribution in [2.75, 3.05) is 45.2 Å². The number of piperazine rings is 1. The van der Waals surface area contributed by atoms with Gasteiger partial charge in [0.05, 0.1) is 13.2 Å². The summed E-state index contributed by atoms with van der Waals surface area (Å²) >= 11 is 0. The smallest absolute Gasteiger partial charge is 0.242 e. The summed E-state index contributed by atoms with van der Waals surface area (Å²) in [5.41, 5.74) is 1.31. The molecule has 2 aromatic rings.